The third kappa shape index (κ3) is 4.22. The molecule has 2 rings (SSSR count). The fourth-order valence-electron chi connectivity index (χ4n) is 3.15. The first-order valence-electron chi connectivity index (χ1n) is 7.80. The van der Waals surface area contributed by atoms with E-state index in [4.69, 9.17) is 9.47 Å². The highest BCUT2D eigenvalue weighted by Crippen LogP contribution is 2.34. The van der Waals surface area contributed by atoms with Gasteiger partial charge in [-0.25, -0.2) is 0 Å². The lowest BCUT2D eigenvalue weighted by Crippen LogP contribution is -2.50. The molecule has 1 unspecified atom stereocenters. The molecule has 3 heteroatoms. The molecule has 0 amide bonds. The van der Waals surface area contributed by atoms with Crippen molar-refractivity contribution in [2.24, 2.45) is 0 Å². The van der Waals surface area contributed by atoms with E-state index in [-0.39, 0.29) is 5.60 Å². The minimum atomic E-state index is 0.136. The second-order valence-corrected chi connectivity index (χ2v) is 5.85. The molecule has 18 heavy (non-hydrogen) atoms. The van der Waals surface area contributed by atoms with Crippen LogP contribution in [0.3, 0.4) is 0 Å². The monoisotopic (exact) mass is 255 g/mol. The Bertz CT molecular complexity index is 221. The molecule has 0 radical (unpaired) electrons. The van der Waals surface area contributed by atoms with Crippen LogP contribution in [0, 0.1) is 0 Å². The Morgan fingerprint density at radius 1 is 1.11 bits per heavy atom. The van der Waals surface area contributed by atoms with Gasteiger partial charge in [-0.15, -0.1) is 0 Å². The molecule has 0 aromatic carbocycles. The van der Waals surface area contributed by atoms with E-state index >= 15 is 0 Å². The van der Waals surface area contributed by atoms with Gasteiger partial charge in [0.1, 0.15) is 0 Å². The Balaban J connectivity index is 1.66. The maximum Gasteiger partial charge on any atom is 0.0741 e. The van der Waals surface area contributed by atoms with E-state index in [1.807, 2.05) is 0 Å². The summed E-state index contributed by atoms with van der Waals surface area (Å²) in [7, 11) is 0. The van der Waals surface area contributed by atoms with Crippen LogP contribution in [0.2, 0.25) is 0 Å². The minimum Gasteiger partial charge on any atom is -0.381 e. The van der Waals surface area contributed by atoms with Crippen molar-refractivity contribution in [2.75, 3.05) is 26.4 Å². The van der Waals surface area contributed by atoms with Crippen LogP contribution in [0.1, 0.15) is 58.3 Å². The van der Waals surface area contributed by atoms with Crippen molar-refractivity contribution in [1.29, 1.82) is 0 Å². The van der Waals surface area contributed by atoms with Crippen LogP contribution >= 0.6 is 0 Å². The van der Waals surface area contributed by atoms with Gasteiger partial charge in [0.2, 0.25) is 0 Å². The maximum atomic E-state index is 6.06. The SMILES string of the molecule is CCCCCCNC1CCOC2(CCOCC2)C1. The van der Waals surface area contributed by atoms with Gasteiger partial charge >= 0.3 is 0 Å². The summed E-state index contributed by atoms with van der Waals surface area (Å²) in [4.78, 5) is 0. The Morgan fingerprint density at radius 2 is 1.94 bits per heavy atom. The quantitative estimate of drug-likeness (QED) is 0.740. The van der Waals surface area contributed by atoms with Gasteiger partial charge in [0.05, 0.1) is 5.60 Å². The van der Waals surface area contributed by atoms with Crippen LogP contribution < -0.4 is 5.32 Å². The zero-order chi connectivity index (χ0) is 12.7. The van der Waals surface area contributed by atoms with Crippen LogP contribution in [0.15, 0.2) is 0 Å². The van der Waals surface area contributed by atoms with Crippen molar-refractivity contribution in [3.8, 4) is 0 Å². The summed E-state index contributed by atoms with van der Waals surface area (Å²) in [6.07, 6.45) is 9.91. The van der Waals surface area contributed by atoms with E-state index in [1.165, 1.54) is 45.1 Å². The van der Waals surface area contributed by atoms with E-state index in [2.05, 4.69) is 12.2 Å². The first-order chi connectivity index (χ1) is 8.85. The zero-order valence-corrected chi connectivity index (χ0v) is 11.9. The number of unbranched alkanes of at least 4 members (excludes halogenated alkanes) is 3. The molecular formula is C15H29NO2. The van der Waals surface area contributed by atoms with Crippen molar-refractivity contribution in [1.82, 2.24) is 5.32 Å². The highest BCUT2D eigenvalue weighted by atomic mass is 16.5. The average Bonchev–Trinajstić information content (AvgIpc) is 2.40. The molecule has 1 N–H and O–H groups in total. The maximum absolute atomic E-state index is 6.06. The van der Waals surface area contributed by atoms with Crippen LogP contribution in [-0.2, 0) is 9.47 Å². The van der Waals surface area contributed by atoms with E-state index in [0.29, 0.717) is 6.04 Å². The molecule has 1 spiro atoms. The number of hydrogen-bond acceptors (Lipinski definition) is 3. The molecule has 2 aliphatic rings. The van der Waals surface area contributed by atoms with Gasteiger partial charge in [-0.05, 0) is 38.6 Å². The minimum absolute atomic E-state index is 0.136. The predicted molar refractivity (Wildman–Crippen MR) is 73.9 cm³/mol. The van der Waals surface area contributed by atoms with Crippen molar-refractivity contribution < 1.29 is 9.47 Å². The summed E-state index contributed by atoms with van der Waals surface area (Å²) in [5.74, 6) is 0. The Morgan fingerprint density at radius 3 is 2.72 bits per heavy atom. The molecule has 0 aromatic rings. The van der Waals surface area contributed by atoms with Crippen LogP contribution in [0.5, 0.6) is 0 Å². The first kappa shape index (κ1) is 14.3. The fraction of sp³-hybridized carbons (Fsp3) is 1.00. The van der Waals surface area contributed by atoms with Gasteiger partial charge in [0, 0.05) is 25.9 Å². The van der Waals surface area contributed by atoms with Crippen molar-refractivity contribution >= 4 is 0 Å². The standard InChI is InChI=1S/C15H29NO2/c1-2-3-4-5-9-16-14-6-10-18-15(13-14)7-11-17-12-8-15/h14,16H,2-13H2,1H3. The lowest BCUT2D eigenvalue weighted by molar-refractivity contribution is -0.140. The van der Waals surface area contributed by atoms with Gasteiger partial charge < -0.3 is 14.8 Å². The van der Waals surface area contributed by atoms with Crippen LogP contribution in [0.25, 0.3) is 0 Å². The number of rotatable bonds is 6. The van der Waals surface area contributed by atoms with Gasteiger partial charge in [0.15, 0.2) is 0 Å². The van der Waals surface area contributed by atoms with E-state index < -0.39 is 0 Å². The third-order valence-electron chi connectivity index (χ3n) is 4.36. The summed E-state index contributed by atoms with van der Waals surface area (Å²) >= 11 is 0. The molecule has 2 heterocycles. The molecule has 1 atom stereocenters. The summed E-state index contributed by atoms with van der Waals surface area (Å²) < 4.78 is 11.5. The number of nitrogens with one attached hydrogen (secondary N) is 1. The Labute approximate surface area is 112 Å². The Hall–Kier alpha value is -0.120. The lowest BCUT2D eigenvalue weighted by Gasteiger charge is -2.43. The smallest absolute Gasteiger partial charge is 0.0741 e. The summed E-state index contributed by atoms with van der Waals surface area (Å²) in [5, 5.41) is 3.73. The summed E-state index contributed by atoms with van der Waals surface area (Å²) in [5.41, 5.74) is 0.136. The van der Waals surface area contributed by atoms with Gasteiger partial charge in [-0.2, -0.15) is 0 Å². The van der Waals surface area contributed by atoms with Gasteiger partial charge in [0.25, 0.3) is 0 Å². The molecule has 2 aliphatic heterocycles. The Kier molecular flexibility index (Phi) is 5.93. The van der Waals surface area contributed by atoms with Crippen LogP contribution in [0.4, 0.5) is 0 Å². The van der Waals surface area contributed by atoms with E-state index in [0.717, 1.165) is 32.7 Å². The molecule has 2 saturated heterocycles. The molecular weight excluding hydrogens is 226 g/mol. The lowest BCUT2D eigenvalue weighted by atomic mass is 9.84. The second-order valence-electron chi connectivity index (χ2n) is 5.85. The predicted octanol–water partition coefficient (Wildman–Crippen LogP) is 2.88. The molecule has 0 saturated carbocycles. The van der Waals surface area contributed by atoms with E-state index in [1.54, 1.807) is 0 Å². The molecule has 106 valence electrons. The number of hydrogen-bond donors (Lipinski definition) is 1. The highest BCUT2D eigenvalue weighted by Gasteiger charge is 2.38. The van der Waals surface area contributed by atoms with Gasteiger partial charge in [-0.3, -0.25) is 0 Å². The molecule has 2 fully saturated rings. The topological polar surface area (TPSA) is 30.5 Å². The third-order valence-corrected chi connectivity index (χ3v) is 4.36. The van der Waals surface area contributed by atoms with Crippen LogP contribution in [-0.4, -0.2) is 38.0 Å². The summed E-state index contributed by atoms with van der Waals surface area (Å²) in [6.45, 7) is 6.12. The second kappa shape index (κ2) is 7.46. The molecule has 0 aliphatic carbocycles. The summed E-state index contributed by atoms with van der Waals surface area (Å²) in [6, 6.07) is 0.665. The fourth-order valence-corrected chi connectivity index (χ4v) is 3.15. The van der Waals surface area contributed by atoms with Gasteiger partial charge in [-0.1, -0.05) is 26.2 Å². The van der Waals surface area contributed by atoms with Crippen molar-refractivity contribution in [2.45, 2.75) is 69.9 Å². The molecule has 0 aromatic heterocycles. The zero-order valence-electron chi connectivity index (χ0n) is 11.9. The first-order valence-corrected chi connectivity index (χ1v) is 7.80. The van der Waals surface area contributed by atoms with E-state index in [9.17, 15) is 0 Å². The average molecular weight is 255 g/mol. The van der Waals surface area contributed by atoms with Crippen molar-refractivity contribution in [3.63, 3.8) is 0 Å². The highest BCUT2D eigenvalue weighted by molar-refractivity contribution is 4.91. The molecule has 0 bridgehead atoms. The molecule has 3 nitrogen and oxygen atoms in total. The number of ether oxygens (including phenoxy) is 2. The largest absolute Gasteiger partial charge is 0.381 e. The van der Waals surface area contributed by atoms with Crippen molar-refractivity contribution in [3.05, 3.63) is 0 Å². The normalized spacial score (nSPS) is 27.5.